The molecule has 10 heavy (non-hydrogen) atoms. The third-order valence-corrected chi connectivity index (χ3v) is 1.22. The molecule has 3 heteroatoms. The van der Waals surface area contributed by atoms with Crippen molar-refractivity contribution in [2.24, 2.45) is 0 Å². The van der Waals surface area contributed by atoms with Gasteiger partial charge in [0.15, 0.2) is 0 Å². The predicted octanol–water partition coefficient (Wildman–Crippen LogP) is 1.29. The fourth-order valence-electron chi connectivity index (χ4n) is 0.711. The number of aryl methyl sites for hydroxylation is 1. The minimum atomic E-state index is 0.248. The Morgan fingerprint density at radius 3 is 3.20 bits per heavy atom. The maximum atomic E-state index is 9.73. The molecular weight excluding hydrogens is 132 g/mol. The molecule has 0 aromatic carbocycles. The van der Waals surface area contributed by atoms with Gasteiger partial charge >= 0.3 is 6.47 Å². The zero-order valence-corrected chi connectivity index (χ0v) is 5.59. The molecule has 0 bridgehead atoms. The van der Waals surface area contributed by atoms with Gasteiger partial charge in [0.1, 0.15) is 0 Å². The van der Waals surface area contributed by atoms with Gasteiger partial charge in [0.2, 0.25) is 0 Å². The molecule has 0 aliphatic carbocycles. The molecule has 53 valence electrons. The summed E-state index contributed by atoms with van der Waals surface area (Å²) in [5.41, 5.74) is 0.878. The van der Waals surface area contributed by atoms with Crippen molar-refractivity contribution in [3.05, 3.63) is 17.9 Å². The van der Waals surface area contributed by atoms with E-state index in [1.54, 1.807) is 6.07 Å². The van der Waals surface area contributed by atoms with Crippen molar-refractivity contribution < 1.29 is 13.9 Å². The Morgan fingerprint density at radius 1 is 1.80 bits per heavy atom. The van der Waals surface area contributed by atoms with Gasteiger partial charge in [-0.25, -0.2) is 4.79 Å². The molecule has 0 aliphatic heterocycles. The first kappa shape index (κ1) is 6.86. The van der Waals surface area contributed by atoms with Crippen LogP contribution in [-0.4, -0.2) is 6.47 Å². The molecule has 0 amide bonds. The SMILES string of the molecule is CCc1ccoc1O[C]=O. The lowest BCUT2D eigenvalue weighted by Crippen LogP contribution is -1.89. The van der Waals surface area contributed by atoms with E-state index in [1.165, 1.54) is 12.7 Å². The Kier molecular flexibility index (Phi) is 2.10. The van der Waals surface area contributed by atoms with Crippen LogP contribution in [0, 0.1) is 0 Å². The number of rotatable bonds is 3. The van der Waals surface area contributed by atoms with Gasteiger partial charge in [-0.2, -0.15) is 0 Å². The van der Waals surface area contributed by atoms with Crippen LogP contribution in [0.2, 0.25) is 0 Å². The topological polar surface area (TPSA) is 39.4 Å². The highest BCUT2D eigenvalue weighted by Crippen LogP contribution is 2.18. The van der Waals surface area contributed by atoms with E-state index in [-0.39, 0.29) is 5.95 Å². The quantitative estimate of drug-likeness (QED) is 0.633. The molecule has 1 heterocycles. The van der Waals surface area contributed by atoms with E-state index < -0.39 is 0 Å². The number of ether oxygens (including phenoxy) is 1. The summed E-state index contributed by atoms with van der Waals surface area (Å²) in [6.07, 6.45) is 2.26. The van der Waals surface area contributed by atoms with E-state index >= 15 is 0 Å². The molecule has 0 fully saturated rings. The van der Waals surface area contributed by atoms with Crippen LogP contribution in [0.3, 0.4) is 0 Å². The average molecular weight is 139 g/mol. The highest BCUT2D eigenvalue weighted by atomic mass is 16.6. The van der Waals surface area contributed by atoms with Crippen molar-refractivity contribution in [3.63, 3.8) is 0 Å². The summed E-state index contributed by atoms with van der Waals surface area (Å²) < 4.78 is 9.21. The molecule has 0 spiro atoms. The van der Waals surface area contributed by atoms with Crippen LogP contribution < -0.4 is 4.74 Å². The Hall–Kier alpha value is -1.25. The highest BCUT2D eigenvalue weighted by molar-refractivity contribution is 5.45. The second kappa shape index (κ2) is 3.06. The first-order valence-corrected chi connectivity index (χ1v) is 2.98. The van der Waals surface area contributed by atoms with E-state index in [0.717, 1.165) is 12.0 Å². The molecule has 0 saturated heterocycles. The van der Waals surface area contributed by atoms with Crippen LogP contribution in [0.1, 0.15) is 12.5 Å². The average Bonchev–Trinajstić information content (AvgIpc) is 2.36. The van der Waals surface area contributed by atoms with Crippen LogP contribution >= 0.6 is 0 Å². The molecule has 0 aliphatic rings. The van der Waals surface area contributed by atoms with E-state index in [9.17, 15) is 4.79 Å². The van der Waals surface area contributed by atoms with Crippen LogP contribution in [-0.2, 0) is 11.2 Å². The van der Waals surface area contributed by atoms with Crippen LogP contribution in [0.4, 0.5) is 0 Å². The van der Waals surface area contributed by atoms with Crippen molar-refractivity contribution in [2.45, 2.75) is 13.3 Å². The molecule has 1 aromatic rings. The van der Waals surface area contributed by atoms with Crippen molar-refractivity contribution in [2.75, 3.05) is 0 Å². The van der Waals surface area contributed by atoms with Gasteiger partial charge < -0.3 is 9.15 Å². The first-order chi connectivity index (χ1) is 4.88. The monoisotopic (exact) mass is 139 g/mol. The highest BCUT2D eigenvalue weighted by Gasteiger charge is 2.03. The summed E-state index contributed by atoms with van der Waals surface area (Å²) in [6, 6.07) is 1.76. The van der Waals surface area contributed by atoms with Crippen molar-refractivity contribution in [1.29, 1.82) is 0 Å². The second-order valence-corrected chi connectivity index (χ2v) is 1.77. The molecule has 1 rings (SSSR count). The molecule has 1 radical (unpaired) electrons. The molecule has 0 N–H and O–H groups in total. The molecule has 1 aromatic heterocycles. The van der Waals surface area contributed by atoms with Gasteiger partial charge in [0, 0.05) is 5.56 Å². The maximum absolute atomic E-state index is 9.73. The van der Waals surface area contributed by atoms with Gasteiger partial charge in [-0.1, -0.05) is 6.92 Å². The first-order valence-electron chi connectivity index (χ1n) is 2.98. The third kappa shape index (κ3) is 1.18. The minimum Gasteiger partial charge on any atom is -0.434 e. The van der Waals surface area contributed by atoms with Crippen molar-refractivity contribution in [3.8, 4) is 5.95 Å². The largest absolute Gasteiger partial charge is 0.434 e. The molecule has 0 saturated carbocycles. The van der Waals surface area contributed by atoms with Crippen LogP contribution in [0.5, 0.6) is 5.95 Å². The minimum absolute atomic E-state index is 0.248. The number of hydrogen-bond acceptors (Lipinski definition) is 3. The smallest absolute Gasteiger partial charge is 0.425 e. The van der Waals surface area contributed by atoms with Gasteiger partial charge in [0.05, 0.1) is 6.26 Å². The van der Waals surface area contributed by atoms with E-state index in [2.05, 4.69) is 4.74 Å². The van der Waals surface area contributed by atoms with E-state index in [0.29, 0.717) is 0 Å². The number of furan rings is 1. The molecule has 3 nitrogen and oxygen atoms in total. The Balaban J connectivity index is 2.79. The van der Waals surface area contributed by atoms with E-state index in [4.69, 9.17) is 4.42 Å². The third-order valence-electron chi connectivity index (χ3n) is 1.22. The normalized spacial score (nSPS) is 9.30. The lowest BCUT2D eigenvalue weighted by molar-refractivity contribution is 0.350. The lowest BCUT2D eigenvalue weighted by Gasteiger charge is -1.91. The summed E-state index contributed by atoms with van der Waals surface area (Å²) >= 11 is 0. The Morgan fingerprint density at radius 2 is 2.60 bits per heavy atom. The van der Waals surface area contributed by atoms with Gasteiger partial charge in [0.25, 0.3) is 5.95 Å². The summed E-state index contributed by atoms with van der Waals surface area (Å²) in [4.78, 5) is 9.73. The molecule has 0 unspecified atom stereocenters. The molecule has 0 atom stereocenters. The van der Waals surface area contributed by atoms with Crippen LogP contribution in [0.15, 0.2) is 16.7 Å². The zero-order chi connectivity index (χ0) is 7.40. The van der Waals surface area contributed by atoms with E-state index in [1.807, 2.05) is 6.92 Å². The summed E-state index contributed by atoms with van der Waals surface area (Å²) in [6.45, 7) is 3.25. The standard InChI is InChI=1S/C7H7O3/c1-2-6-3-4-9-7(6)10-5-8/h3-4H,2H2,1H3. The number of hydrogen-bond donors (Lipinski definition) is 0. The second-order valence-electron chi connectivity index (χ2n) is 1.77. The van der Waals surface area contributed by atoms with Gasteiger partial charge in [-0.05, 0) is 12.5 Å². The molecular formula is C7H7O3. The fraction of sp³-hybridized carbons (Fsp3) is 0.286. The zero-order valence-electron chi connectivity index (χ0n) is 5.59. The maximum Gasteiger partial charge on any atom is 0.425 e. The Labute approximate surface area is 58.6 Å². The number of carbonyl (C=O) groups excluding carboxylic acids is 1. The van der Waals surface area contributed by atoms with Crippen LogP contribution in [0.25, 0.3) is 0 Å². The predicted molar refractivity (Wildman–Crippen MR) is 34.4 cm³/mol. The van der Waals surface area contributed by atoms with Gasteiger partial charge in [-0.15, -0.1) is 0 Å². The lowest BCUT2D eigenvalue weighted by atomic mass is 10.3. The summed E-state index contributed by atoms with van der Waals surface area (Å²) in [5.74, 6) is 0.248. The Bertz CT molecular complexity index is 214. The fourth-order valence-corrected chi connectivity index (χ4v) is 0.711. The van der Waals surface area contributed by atoms with Crippen molar-refractivity contribution >= 4 is 6.47 Å². The van der Waals surface area contributed by atoms with Crippen molar-refractivity contribution in [1.82, 2.24) is 0 Å². The summed E-state index contributed by atoms with van der Waals surface area (Å²) in [7, 11) is 0. The van der Waals surface area contributed by atoms with Gasteiger partial charge in [-0.3, -0.25) is 0 Å². The summed E-state index contributed by atoms with van der Waals surface area (Å²) in [5, 5.41) is 0.